The van der Waals surface area contributed by atoms with Gasteiger partial charge in [0.05, 0.1) is 17.2 Å². The summed E-state index contributed by atoms with van der Waals surface area (Å²) >= 11 is 6.32. The van der Waals surface area contributed by atoms with E-state index in [0.29, 0.717) is 0 Å². The standard InChI is InChI=1S/C29H23ClFO3P/c1-2-34-29(33)28(27(32)26-24(30)19-12-20-25(26)31)35(21-13-6-3-7-14-21,22-15-8-4-9-16-22)23-17-10-5-11-18-23/h3-20H,2H2,1H3. The van der Waals surface area contributed by atoms with Crippen molar-refractivity contribution in [2.75, 3.05) is 6.61 Å². The third kappa shape index (κ3) is 4.60. The van der Waals surface area contributed by atoms with Crippen LogP contribution in [0.15, 0.2) is 109 Å². The quantitative estimate of drug-likeness (QED) is 0.147. The minimum atomic E-state index is -3.14. The van der Waals surface area contributed by atoms with Crippen molar-refractivity contribution < 1.29 is 18.7 Å². The maximum atomic E-state index is 15.0. The molecule has 0 bridgehead atoms. The van der Waals surface area contributed by atoms with Gasteiger partial charge in [-0.25, -0.2) is 9.18 Å². The second kappa shape index (κ2) is 10.9. The maximum Gasteiger partial charge on any atom is 0.343 e. The summed E-state index contributed by atoms with van der Waals surface area (Å²) in [6.45, 7) is -1.42. The molecule has 0 saturated carbocycles. The molecule has 4 aromatic carbocycles. The SMILES string of the molecule is CCOC(=O)C(C(=O)c1c(F)cccc1Cl)=P(c1ccccc1)(c1ccccc1)c1ccccc1. The van der Waals surface area contributed by atoms with Crippen molar-refractivity contribution in [1.29, 1.82) is 0 Å². The molecule has 0 saturated heterocycles. The van der Waals surface area contributed by atoms with Crippen LogP contribution in [-0.2, 0) is 9.53 Å². The fourth-order valence-corrected chi connectivity index (χ4v) is 8.73. The van der Waals surface area contributed by atoms with E-state index in [1.807, 2.05) is 91.0 Å². The van der Waals surface area contributed by atoms with Crippen molar-refractivity contribution in [3.8, 4) is 0 Å². The van der Waals surface area contributed by atoms with Crippen LogP contribution in [0.1, 0.15) is 17.3 Å². The molecule has 0 aliphatic heterocycles. The maximum absolute atomic E-state index is 15.0. The molecule has 176 valence electrons. The molecule has 0 N–H and O–H groups in total. The molecule has 4 rings (SSSR count). The van der Waals surface area contributed by atoms with Crippen LogP contribution in [0.2, 0.25) is 5.02 Å². The molecule has 4 aromatic rings. The predicted octanol–water partition coefficient (Wildman–Crippen LogP) is 5.39. The van der Waals surface area contributed by atoms with Crippen LogP contribution in [0, 0.1) is 5.82 Å². The molecule has 0 radical (unpaired) electrons. The Morgan fingerprint density at radius 2 is 1.20 bits per heavy atom. The molecule has 0 aromatic heterocycles. The molecule has 0 atom stereocenters. The normalized spacial score (nSPS) is 11.1. The van der Waals surface area contributed by atoms with Gasteiger partial charge in [0.1, 0.15) is 11.1 Å². The molecule has 3 nitrogen and oxygen atoms in total. The zero-order valence-electron chi connectivity index (χ0n) is 19.0. The van der Waals surface area contributed by atoms with Gasteiger partial charge in [-0.3, -0.25) is 4.79 Å². The summed E-state index contributed by atoms with van der Waals surface area (Å²) in [6, 6.07) is 32.1. The third-order valence-corrected chi connectivity index (χ3v) is 10.2. The number of esters is 1. The van der Waals surface area contributed by atoms with Crippen LogP contribution in [0.4, 0.5) is 4.39 Å². The van der Waals surface area contributed by atoms with Gasteiger partial charge in [0.15, 0.2) is 0 Å². The van der Waals surface area contributed by atoms with Crippen molar-refractivity contribution in [1.82, 2.24) is 0 Å². The molecule has 0 aliphatic rings. The lowest BCUT2D eigenvalue weighted by atomic mass is 10.1. The summed E-state index contributed by atoms with van der Waals surface area (Å²) in [5, 5.41) is 2.10. The molecule has 35 heavy (non-hydrogen) atoms. The highest BCUT2D eigenvalue weighted by molar-refractivity contribution is 7.97. The smallest absolute Gasteiger partial charge is 0.343 e. The van der Waals surface area contributed by atoms with Crippen LogP contribution >= 0.6 is 18.5 Å². The Bertz CT molecular complexity index is 1280. The van der Waals surface area contributed by atoms with Gasteiger partial charge in [-0.15, -0.1) is 0 Å². The first kappa shape index (κ1) is 24.7. The van der Waals surface area contributed by atoms with Crippen LogP contribution in [0.3, 0.4) is 0 Å². The van der Waals surface area contributed by atoms with Crippen molar-refractivity contribution in [3.05, 3.63) is 126 Å². The van der Waals surface area contributed by atoms with Crippen LogP contribution in [0.25, 0.3) is 0 Å². The van der Waals surface area contributed by atoms with Gasteiger partial charge in [-0.1, -0.05) is 109 Å². The molecular weight excluding hydrogens is 482 g/mol. The largest absolute Gasteiger partial charge is 0.462 e. The van der Waals surface area contributed by atoms with Gasteiger partial charge in [-0.2, -0.15) is 0 Å². The van der Waals surface area contributed by atoms with Crippen molar-refractivity contribution in [3.63, 3.8) is 0 Å². The summed E-state index contributed by atoms with van der Waals surface area (Å²) in [6.07, 6.45) is 0. The van der Waals surface area contributed by atoms with E-state index in [2.05, 4.69) is 0 Å². The topological polar surface area (TPSA) is 43.4 Å². The van der Waals surface area contributed by atoms with Gasteiger partial charge in [0, 0.05) is 0 Å². The average molecular weight is 505 g/mol. The molecular formula is C29H23ClFO3P. The number of rotatable bonds is 7. The Morgan fingerprint density at radius 1 is 0.743 bits per heavy atom. The summed E-state index contributed by atoms with van der Waals surface area (Å²) in [7, 11) is 0. The number of carbonyl (C=O) groups excluding carboxylic acids is 2. The number of ether oxygens (including phenoxy) is 1. The van der Waals surface area contributed by atoms with E-state index < -0.39 is 24.5 Å². The van der Waals surface area contributed by atoms with Gasteiger partial charge >= 0.3 is 5.97 Å². The van der Waals surface area contributed by atoms with Crippen LogP contribution in [0.5, 0.6) is 0 Å². The van der Waals surface area contributed by atoms with Gasteiger partial charge in [-0.05, 0) is 41.9 Å². The van der Waals surface area contributed by atoms with Gasteiger partial charge in [0.25, 0.3) is 0 Å². The highest BCUT2D eigenvalue weighted by atomic mass is 35.5. The highest BCUT2D eigenvalue weighted by Crippen LogP contribution is 2.47. The van der Waals surface area contributed by atoms with E-state index in [9.17, 15) is 9.59 Å². The molecule has 0 aliphatic carbocycles. The summed E-state index contributed by atoms with van der Waals surface area (Å²) in [5.74, 6) is -2.37. The Labute approximate surface area is 209 Å². The fraction of sp³-hybridized carbons (Fsp3) is 0.0690. The van der Waals surface area contributed by atoms with E-state index in [4.69, 9.17) is 16.3 Å². The minimum absolute atomic E-state index is 0.0545. The van der Waals surface area contributed by atoms with E-state index in [-0.39, 0.29) is 22.5 Å². The monoisotopic (exact) mass is 504 g/mol. The van der Waals surface area contributed by atoms with Gasteiger partial charge in [0.2, 0.25) is 5.78 Å². The molecule has 0 amide bonds. The summed E-state index contributed by atoms with van der Waals surface area (Å²) in [5.41, 5.74) is -0.343. The van der Waals surface area contributed by atoms with Crippen molar-refractivity contribution in [2.45, 2.75) is 6.92 Å². The summed E-state index contributed by atoms with van der Waals surface area (Å²) in [4.78, 5) is 28.0. The Morgan fingerprint density at radius 3 is 1.60 bits per heavy atom. The predicted molar refractivity (Wildman–Crippen MR) is 143 cm³/mol. The van der Waals surface area contributed by atoms with E-state index in [1.165, 1.54) is 12.1 Å². The van der Waals surface area contributed by atoms with E-state index >= 15 is 4.39 Å². The van der Waals surface area contributed by atoms with Crippen LogP contribution in [-0.4, -0.2) is 23.7 Å². The number of hydrogen-bond donors (Lipinski definition) is 0. The number of Topliss-reactive ketones (excluding diaryl/α,β-unsaturated/α-hetero) is 1. The first-order valence-electron chi connectivity index (χ1n) is 11.1. The number of halogens is 2. The average Bonchev–Trinajstić information content (AvgIpc) is 2.88. The first-order chi connectivity index (χ1) is 17.0. The van der Waals surface area contributed by atoms with Crippen LogP contribution < -0.4 is 15.9 Å². The second-order valence-electron chi connectivity index (χ2n) is 7.67. The Kier molecular flexibility index (Phi) is 7.65. The third-order valence-electron chi connectivity index (χ3n) is 5.64. The van der Waals surface area contributed by atoms with E-state index in [1.54, 1.807) is 6.92 Å². The van der Waals surface area contributed by atoms with E-state index in [0.717, 1.165) is 22.0 Å². The lowest BCUT2D eigenvalue weighted by molar-refractivity contribution is -0.134. The summed E-state index contributed by atoms with van der Waals surface area (Å²) < 4.78 is 20.5. The van der Waals surface area contributed by atoms with Crippen molar-refractivity contribution >= 4 is 51.4 Å². The molecule has 0 heterocycles. The Balaban J connectivity index is 2.29. The minimum Gasteiger partial charge on any atom is -0.462 e. The number of ketones is 1. The zero-order chi connectivity index (χ0) is 24.8. The second-order valence-corrected chi connectivity index (χ2v) is 11.4. The molecule has 6 heteroatoms. The first-order valence-corrected chi connectivity index (χ1v) is 13.3. The van der Waals surface area contributed by atoms with Gasteiger partial charge < -0.3 is 4.74 Å². The molecule has 0 spiro atoms. The Hall–Kier alpha value is -3.46. The lowest BCUT2D eigenvalue weighted by Crippen LogP contribution is -2.38. The number of carbonyl (C=O) groups is 2. The number of benzene rings is 4. The fourth-order valence-electron chi connectivity index (χ4n) is 4.20. The zero-order valence-corrected chi connectivity index (χ0v) is 20.7. The lowest BCUT2D eigenvalue weighted by Gasteiger charge is -2.31. The highest BCUT2D eigenvalue weighted by Gasteiger charge is 2.39. The number of hydrogen-bond acceptors (Lipinski definition) is 3. The molecule has 0 fully saturated rings. The molecule has 0 unspecified atom stereocenters. The van der Waals surface area contributed by atoms with Crippen molar-refractivity contribution in [2.24, 2.45) is 0 Å².